The normalized spacial score (nSPS) is 12.3. The summed E-state index contributed by atoms with van der Waals surface area (Å²) in [6, 6.07) is 34.0. The molecule has 2 heteroatoms. The molecule has 5 aromatic carbocycles. The van der Waals surface area contributed by atoms with E-state index in [2.05, 4.69) is 84.9 Å². The van der Waals surface area contributed by atoms with Gasteiger partial charge in [0.05, 0.1) is 0 Å². The van der Waals surface area contributed by atoms with Crippen LogP contribution in [-0.4, -0.2) is 0 Å². The van der Waals surface area contributed by atoms with E-state index >= 15 is 0 Å². The molecule has 1 aliphatic rings. The maximum absolute atomic E-state index is 6.33. The number of furan rings is 1. The van der Waals surface area contributed by atoms with Gasteiger partial charge in [-0.2, -0.15) is 0 Å². The molecule has 0 N–H and O–H groups in total. The van der Waals surface area contributed by atoms with E-state index in [-0.39, 0.29) is 0 Å². The van der Waals surface area contributed by atoms with Crippen LogP contribution in [0.4, 0.5) is 0 Å². The lowest BCUT2D eigenvalue weighted by molar-refractivity contribution is 0.486. The molecule has 0 amide bonds. The second-order valence-electron chi connectivity index (χ2n) is 8.20. The van der Waals surface area contributed by atoms with Gasteiger partial charge in [-0.3, -0.25) is 0 Å². The minimum Gasteiger partial charge on any atom is -0.456 e. The van der Waals surface area contributed by atoms with Gasteiger partial charge in [-0.1, -0.05) is 66.7 Å². The third-order valence-corrected chi connectivity index (χ3v) is 6.27. The molecule has 31 heavy (non-hydrogen) atoms. The fourth-order valence-corrected chi connectivity index (χ4v) is 4.84. The van der Waals surface area contributed by atoms with Crippen LogP contribution in [0.1, 0.15) is 11.1 Å². The molecule has 0 fully saturated rings. The molecule has 0 saturated heterocycles. The molecule has 7 rings (SSSR count). The van der Waals surface area contributed by atoms with Gasteiger partial charge in [0.15, 0.2) is 0 Å². The average molecular weight is 398 g/mol. The van der Waals surface area contributed by atoms with Crippen LogP contribution in [-0.2, 0) is 6.42 Å². The molecule has 0 spiro atoms. The average Bonchev–Trinajstić information content (AvgIpc) is 3.17. The van der Waals surface area contributed by atoms with Crippen molar-refractivity contribution in [3.8, 4) is 22.6 Å². The van der Waals surface area contributed by atoms with Crippen LogP contribution < -0.4 is 4.74 Å². The van der Waals surface area contributed by atoms with Crippen LogP contribution in [0.25, 0.3) is 43.8 Å². The Kier molecular flexibility index (Phi) is 3.36. The van der Waals surface area contributed by atoms with Gasteiger partial charge in [0.25, 0.3) is 0 Å². The number of benzene rings is 5. The Morgan fingerprint density at radius 3 is 2.32 bits per heavy atom. The highest BCUT2D eigenvalue weighted by Gasteiger charge is 2.20. The Hall–Kier alpha value is -4.04. The smallest absolute Gasteiger partial charge is 0.135 e. The molecule has 0 radical (unpaired) electrons. The van der Waals surface area contributed by atoms with E-state index < -0.39 is 0 Å². The van der Waals surface area contributed by atoms with E-state index in [0.717, 1.165) is 40.0 Å². The van der Waals surface area contributed by atoms with Gasteiger partial charge in [0.1, 0.15) is 22.7 Å². The van der Waals surface area contributed by atoms with E-state index in [0.29, 0.717) is 0 Å². The second kappa shape index (κ2) is 6.23. The van der Waals surface area contributed by atoms with Crippen molar-refractivity contribution in [2.75, 3.05) is 0 Å². The minimum absolute atomic E-state index is 0.845. The molecule has 2 nitrogen and oxygen atoms in total. The first-order chi connectivity index (χ1) is 15.3. The first-order valence-corrected chi connectivity index (χ1v) is 10.6. The summed E-state index contributed by atoms with van der Waals surface area (Å²) in [5.41, 5.74) is 6.76. The molecule has 0 unspecified atom stereocenters. The molecule has 0 atom stereocenters. The maximum Gasteiger partial charge on any atom is 0.135 e. The van der Waals surface area contributed by atoms with Crippen LogP contribution in [0.15, 0.2) is 101 Å². The summed E-state index contributed by atoms with van der Waals surface area (Å²) in [7, 11) is 0. The Labute approximate surface area is 179 Å². The van der Waals surface area contributed by atoms with E-state index in [1.165, 1.54) is 32.8 Å². The van der Waals surface area contributed by atoms with Crippen LogP contribution in [0.2, 0.25) is 0 Å². The molecule has 2 heterocycles. The highest BCUT2D eigenvalue weighted by Crippen LogP contribution is 2.46. The van der Waals surface area contributed by atoms with Gasteiger partial charge in [-0.25, -0.2) is 0 Å². The van der Waals surface area contributed by atoms with Gasteiger partial charge in [-0.15, -0.1) is 0 Å². The quantitative estimate of drug-likeness (QED) is 0.293. The molecule has 6 aromatic rings. The zero-order chi connectivity index (χ0) is 20.4. The lowest BCUT2D eigenvalue weighted by Crippen LogP contribution is -1.98. The van der Waals surface area contributed by atoms with E-state index in [9.17, 15) is 0 Å². The van der Waals surface area contributed by atoms with Crippen molar-refractivity contribution in [1.82, 2.24) is 0 Å². The summed E-state index contributed by atoms with van der Waals surface area (Å²) in [5.74, 6) is 1.86. The summed E-state index contributed by atoms with van der Waals surface area (Å²) in [6.07, 6.45) is 0.845. The van der Waals surface area contributed by atoms with Crippen molar-refractivity contribution >= 4 is 32.7 Å². The molecular weight excluding hydrogens is 380 g/mol. The fraction of sp³-hybridized carbons (Fsp3) is 0.0345. The van der Waals surface area contributed by atoms with Gasteiger partial charge >= 0.3 is 0 Å². The van der Waals surface area contributed by atoms with Crippen molar-refractivity contribution in [3.63, 3.8) is 0 Å². The molecular formula is C29H18O2. The Bertz CT molecular complexity index is 1630. The second-order valence-corrected chi connectivity index (χ2v) is 8.20. The van der Waals surface area contributed by atoms with E-state index in [1.54, 1.807) is 0 Å². The standard InChI is InChI=1S/C29H18O2/c1-2-9-25-21(7-1)24-16-18(12-14-26(24)30-25)15-19-11-13-22-23-8-3-5-20-6-4-10-27(29(20)23)31-28(22)17-19/h1-14,16-17H,15H2. The number of para-hydroxylation sites is 1. The third kappa shape index (κ3) is 2.52. The number of fused-ring (bicyclic) bond motifs is 5. The molecule has 0 bridgehead atoms. The van der Waals surface area contributed by atoms with Crippen LogP contribution in [0.5, 0.6) is 11.5 Å². The van der Waals surface area contributed by atoms with Gasteiger partial charge < -0.3 is 9.15 Å². The summed E-state index contributed by atoms with van der Waals surface area (Å²) in [4.78, 5) is 0. The molecule has 0 aliphatic carbocycles. The zero-order valence-electron chi connectivity index (χ0n) is 16.8. The number of hydrogen-bond donors (Lipinski definition) is 0. The lowest BCUT2D eigenvalue weighted by atomic mass is 9.93. The van der Waals surface area contributed by atoms with Crippen molar-refractivity contribution in [2.45, 2.75) is 6.42 Å². The monoisotopic (exact) mass is 398 g/mol. The van der Waals surface area contributed by atoms with Crippen LogP contribution >= 0.6 is 0 Å². The van der Waals surface area contributed by atoms with E-state index in [1.807, 2.05) is 12.1 Å². The highest BCUT2D eigenvalue weighted by molar-refractivity contribution is 6.05. The summed E-state index contributed by atoms with van der Waals surface area (Å²) in [6.45, 7) is 0. The lowest BCUT2D eigenvalue weighted by Gasteiger charge is -2.21. The van der Waals surface area contributed by atoms with Crippen molar-refractivity contribution in [1.29, 1.82) is 0 Å². The number of ether oxygens (including phenoxy) is 1. The predicted octanol–water partition coefficient (Wildman–Crippen LogP) is 8.10. The maximum atomic E-state index is 6.33. The topological polar surface area (TPSA) is 22.4 Å². The summed E-state index contributed by atoms with van der Waals surface area (Å²) < 4.78 is 12.3. The summed E-state index contributed by atoms with van der Waals surface area (Å²) in [5, 5.41) is 4.74. The zero-order valence-corrected chi connectivity index (χ0v) is 16.8. The molecule has 146 valence electrons. The predicted molar refractivity (Wildman–Crippen MR) is 126 cm³/mol. The molecule has 1 aliphatic heterocycles. The Morgan fingerprint density at radius 2 is 1.35 bits per heavy atom. The number of hydrogen-bond acceptors (Lipinski definition) is 2. The Morgan fingerprint density at radius 1 is 0.548 bits per heavy atom. The third-order valence-electron chi connectivity index (χ3n) is 6.27. The summed E-state index contributed by atoms with van der Waals surface area (Å²) >= 11 is 0. The van der Waals surface area contributed by atoms with Crippen LogP contribution in [0.3, 0.4) is 0 Å². The highest BCUT2D eigenvalue weighted by atomic mass is 16.5. The molecule has 1 aromatic heterocycles. The fourth-order valence-electron chi connectivity index (χ4n) is 4.84. The first kappa shape index (κ1) is 16.7. The SMILES string of the molecule is c1cc2c3c(cccc3c1)-c1ccc(Cc3ccc4oc5ccccc5c4c3)cc1O2. The minimum atomic E-state index is 0.845. The Balaban J connectivity index is 1.30. The van der Waals surface area contributed by atoms with Gasteiger partial charge in [0, 0.05) is 21.7 Å². The number of rotatable bonds is 2. The first-order valence-electron chi connectivity index (χ1n) is 10.6. The van der Waals surface area contributed by atoms with E-state index in [4.69, 9.17) is 9.15 Å². The van der Waals surface area contributed by atoms with Crippen molar-refractivity contribution < 1.29 is 9.15 Å². The van der Waals surface area contributed by atoms with Crippen molar-refractivity contribution in [2.24, 2.45) is 0 Å². The van der Waals surface area contributed by atoms with Gasteiger partial charge in [0.2, 0.25) is 0 Å². The van der Waals surface area contributed by atoms with Gasteiger partial charge in [-0.05, 0) is 58.8 Å². The largest absolute Gasteiger partial charge is 0.456 e. The van der Waals surface area contributed by atoms with Crippen LogP contribution in [0, 0.1) is 0 Å². The van der Waals surface area contributed by atoms with Crippen molar-refractivity contribution in [3.05, 3.63) is 108 Å². The molecule has 0 saturated carbocycles.